The van der Waals surface area contributed by atoms with Crippen molar-refractivity contribution in [2.24, 2.45) is 5.92 Å². The third kappa shape index (κ3) is 6.19. The molecule has 1 heterocycles. The Bertz CT molecular complexity index is 1150. The number of aromatic carboxylic acids is 1. The molecular formula is C26H29ClN2O6. The van der Waals surface area contributed by atoms with Crippen LogP contribution in [0.4, 0.5) is 5.69 Å². The number of amides is 2. The predicted octanol–water partition coefficient (Wildman–Crippen LogP) is 4.09. The molecular weight excluding hydrogens is 472 g/mol. The van der Waals surface area contributed by atoms with E-state index in [4.69, 9.17) is 22.1 Å². The molecule has 2 atom stereocenters. The van der Waals surface area contributed by atoms with Crippen LogP contribution in [-0.2, 0) is 20.8 Å². The van der Waals surface area contributed by atoms with E-state index >= 15 is 0 Å². The predicted molar refractivity (Wildman–Crippen MR) is 132 cm³/mol. The second-order valence-corrected chi connectivity index (χ2v) is 9.15. The van der Waals surface area contributed by atoms with Gasteiger partial charge in [0.15, 0.2) is 5.78 Å². The van der Waals surface area contributed by atoms with E-state index in [1.807, 2.05) is 6.92 Å². The van der Waals surface area contributed by atoms with E-state index in [1.54, 1.807) is 24.3 Å². The Kier molecular flexibility index (Phi) is 8.51. The van der Waals surface area contributed by atoms with Gasteiger partial charge in [0.1, 0.15) is 5.75 Å². The van der Waals surface area contributed by atoms with Crippen LogP contribution in [0, 0.1) is 5.92 Å². The quantitative estimate of drug-likeness (QED) is 0.522. The number of carboxylic acid groups (broad SMARTS) is 1. The van der Waals surface area contributed by atoms with Crippen LogP contribution in [0.3, 0.4) is 0 Å². The number of nitrogens with two attached hydrogens (primary N) is 1. The third-order valence-corrected chi connectivity index (χ3v) is 6.66. The minimum absolute atomic E-state index is 0.0360. The van der Waals surface area contributed by atoms with Crippen LogP contribution in [0.25, 0.3) is 0 Å². The fourth-order valence-electron chi connectivity index (χ4n) is 4.42. The molecule has 9 heteroatoms. The van der Waals surface area contributed by atoms with Gasteiger partial charge in [-0.15, -0.1) is 0 Å². The average Bonchev–Trinajstić information content (AvgIpc) is 2.96. The van der Waals surface area contributed by atoms with Gasteiger partial charge in [-0.2, -0.15) is 0 Å². The molecule has 0 aromatic heterocycles. The Morgan fingerprint density at radius 2 is 1.97 bits per heavy atom. The number of halogens is 1. The molecule has 35 heavy (non-hydrogen) atoms. The van der Waals surface area contributed by atoms with Gasteiger partial charge in [0.05, 0.1) is 19.2 Å². The lowest BCUT2D eigenvalue weighted by molar-refractivity contribution is -0.148. The number of ether oxygens (including phenoxy) is 1. The van der Waals surface area contributed by atoms with Gasteiger partial charge in [-0.05, 0) is 66.6 Å². The van der Waals surface area contributed by atoms with Gasteiger partial charge in [-0.3, -0.25) is 19.3 Å². The maximum Gasteiger partial charge on any atom is 0.337 e. The van der Waals surface area contributed by atoms with E-state index in [0.29, 0.717) is 29.2 Å². The number of anilines is 1. The van der Waals surface area contributed by atoms with Crippen LogP contribution >= 0.6 is 11.6 Å². The first kappa shape index (κ1) is 26.2. The Morgan fingerprint density at radius 1 is 1.23 bits per heavy atom. The van der Waals surface area contributed by atoms with Crippen molar-refractivity contribution in [2.45, 2.75) is 44.9 Å². The molecule has 0 radical (unpaired) electrons. The number of imide groups is 1. The molecule has 2 aromatic carbocycles. The van der Waals surface area contributed by atoms with Crippen molar-refractivity contribution < 1.29 is 29.0 Å². The van der Waals surface area contributed by atoms with Gasteiger partial charge in [-0.1, -0.05) is 24.6 Å². The summed E-state index contributed by atoms with van der Waals surface area (Å²) in [6, 6.07) is 9.78. The maximum atomic E-state index is 13.4. The highest BCUT2D eigenvalue weighted by molar-refractivity contribution is 6.30. The molecule has 0 bridgehead atoms. The second-order valence-electron chi connectivity index (χ2n) is 8.71. The summed E-state index contributed by atoms with van der Waals surface area (Å²) >= 11 is 6.13. The van der Waals surface area contributed by atoms with E-state index in [0.717, 1.165) is 10.5 Å². The Morgan fingerprint density at radius 3 is 2.63 bits per heavy atom. The zero-order chi connectivity index (χ0) is 25.7. The summed E-state index contributed by atoms with van der Waals surface area (Å²) in [7, 11) is 1.53. The zero-order valence-corrected chi connectivity index (χ0v) is 20.5. The lowest BCUT2D eigenvalue weighted by Gasteiger charge is -2.25. The summed E-state index contributed by atoms with van der Waals surface area (Å²) in [5, 5.41) is 9.88. The van der Waals surface area contributed by atoms with E-state index < -0.39 is 23.7 Å². The monoisotopic (exact) mass is 500 g/mol. The van der Waals surface area contributed by atoms with E-state index in [1.165, 1.54) is 19.2 Å². The van der Waals surface area contributed by atoms with Gasteiger partial charge in [0.25, 0.3) is 0 Å². The number of hydrogen-bond donors (Lipinski definition) is 2. The standard InChI is InChI=1S/C26H29ClN2O6/c1-3-15(16-5-8-22(28)21(12-16)26(33)34)13-24(31)29-14-20(30)7-4-17(25(29)32)10-18-11-19(27)6-9-23(18)35-2/h5-6,8-9,11-12,15,17H,3-4,7,10,13-14,28H2,1-2H3,(H,33,34). The van der Waals surface area contributed by atoms with Crippen molar-refractivity contribution in [3.8, 4) is 5.75 Å². The fourth-order valence-corrected chi connectivity index (χ4v) is 4.61. The number of carboxylic acids is 1. The highest BCUT2D eigenvalue weighted by Crippen LogP contribution is 2.31. The van der Waals surface area contributed by atoms with Crippen LogP contribution in [0.1, 0.15) is 60.0 Å². The first-order valence-electron chi connectivity index (χ1n) is 11.5. The molecule has 1 saturated heterocycles. The van der Waals surface area contributed by atoms with Crippen LogP contribution < -0.4 is 10.5 Å². The molecule has 3 N–H and O–H groups in total. The largest absolute Gasteiger partial charge is 0.496 e. The molecule has 2 unspecified atom stereocenters. The smallest absolute Gasteiger partial charge is 0.337 e. The lowest BCUT2D eigenvalue weighted by atomic mass is 9.90. The molecule has 0 aliphatic carbocycles. The number of likely N-dealkylation sites (tertiary alicyclic amines) is 1. The SMILES string of the molecule is CCC(CC(=O)N1CC(=O)CCC(Cc2cc(Cl)ccc2OC)C1=O)c1ccc(N)c(C(=O)O)c1. The molecule has 0 saturated carbocycles. The van der Waals surface area contributed by atoms with Crippen LogP contribution in [0.5, 0.6) is 5.75 Å². The van der Waals surface area contributed by atoms with E-state index in [2.05, 4.69) is 0 Å². The van der Waals surface area contributed by atoms with Crippen molar-refractivity contribution in [3.63, 3.8) is 0 Å². The van der Waals surface area contributed by atoms with Crippen molar-refractivity contribution in [1.29, 1.82) is 0 Å². The van der Waals surface area contributed by atoms with E-state index in [9.17, 15) is 24.3 Å². The fraction of sp³-hybridized carbons (Fsp3) is 0.385. The van der Waals surface area contributed by atoms with Gasteiger partial charge < -0.3 is 15.6 Å². The normalized spacial score (nSPS) is 17.1. The molecule has 1 fully saturated rings. The zero-order valence-electron chi connectivity index (χ0n) is 19.8. The minimum Gasteiger partial charge on any atom is -0.496 e. The number of nitrogens with zero attached hydrogens (tertiary/aromatic N) is 1. The number of benzene rings is 2. The van der Waals surface area contributed by atoms with Crippen molar-refractivity contribution in [3.05, 3.63) is 58.1 Å². The van der Waals surface area contributed by atoms with Gasteiger partial charge >= 0.3 is 5.97 Å². The van der Waals surface area contributed by atoms with Crippen LogP contribution in [-0.4, -0.2) is 47.2 Å². The van der Waals surface area contributed by atoms with Crippen molar-refractivity contribution >= 4 is 40.9 Å². The van der Waals surface area contributed by atoms with Crippen LogP contribution in [0.2, 0.25) is 5.02 Å². The number of Topliss-reactive ketones (excluding diaryl/α,β-unsaturated/α-hetero) is 1. The van der Waals surface area contributed by atoms with Crippen LogP contribution in [0.15, 0.2) is 36.4 Å². The molecule has 2 amide bonds. The number of hydrogen-bond acceptors (Lipinski definition) is 6. The molecule has 0 spiro atoms. The highest BCUT2D eigenvalue weighted by atomic mass is 35.5. The number of carbonyl (C=O) groups excluding carboxylic acids is 3. The Labute approximate surface area is 209 Å². The summed E-state index contributed by atoms with van der Waals surface area (Å²) in [5.74, 6) is -2.53. The summed E-state index contributed by atoms with van der Waals surface area (Å²) in [5.41, 5.74) is 7.22. The highest BCUT2D eigenvalue weighted by Gasteiger charge is 2.35. The summed E-state index contributed by atoms with van der Waals surface area (Å²) in [4.78, 5) is 51.6. The Hall–Kier alpha value is -3.39. The Balaban J connectivity index is 1.83. The topological polar surface area (TPSA) is 127 Å². The average molecular weight is 501 g/mol. The molecule has 186 valence electrons. The number of carbonyl (C=O) groups is 4. The molecule has 2 aromatic rings. The summed E-state index contributed by atoms with van der Waals surface area (Å²) in [6.45, 7) is 1.61. The number of ketones is 1. The van der Waals surface area contributed by atoms with Gasteiger partial charge in [0.2, 0.25) is 11.8 Å². The molecule has 3 rings (SSSR count). The summed E-state index contributed by atoms with van der Waals surface area (Å²) < 4.78 is 5.39. The molecule has 1 aliphatic heterocycles. The molecule has 1 aliphatic rings. The van der Waals surface area contributed by atoms with Gasteiger partial charge in [0, 0.05) is 29.5 Å². The molecule has 8 nitrogen and oxygen atoms in total. The minimum atomic E-state index is -1.15. The van der Waals surface area contributed by atoms with E-state index in [-0.39, 0.29) is 48.8 Å². The number of rotatable bonds is 8. The first-order chi connectivity index (χ1) is 16.6. The summed E-state index contributed by atoms with van der Waals surface area (Å²) in [6.07, 6.45) is 1.31. The maximum absolute atomic E-state index is 13.4. The van der Waals surface area contributed by atoms with Crippen molar-refractivity contribution in [2.75, 3.05) is 19.4 Å². The number of methoxy groups -OCH3 is 1. The third-order valence-electron chi connectivity index (χ3n) is 6.42. The lowest BCUT2D eigenvalue weighted by Crippen LogP contribution is -2.42. The van der Waals surface area contributed by atoms with Gasteiger partial charge in [-0.25, -0.2) is 4.79 Å². The number of nitrogen functional groups attached to an aromatic ring is 1. The first-order valence-corrected chi connectivity index (χ1v) is 11.8. The van der Waals surface area contributed by atoms with Crippen molar-refractivity contribution in [1.82, 2.24) is 4.90 Å². The second kappa shape index (κ2) is 11.4.